The molecule has 1 aromatic heterocycles. The Morgan fingerprint density at radius 1 is 1.45 bits per heavy atom. The predicted octanol–water partition coefficient (Wildman–Crippen LogP) is 3.10. The predicted molar refractivity (Wildman–Crippen MR) is 73.3 cm³/mol. The third-order valence-corrected chi connectivity index (χ3v) is 3.18. The van der Waals surface area contributed by atoms with E-state index in [0.717, 1.165) is 0 Å². The molecule has 0 aliphatic carbocycles. The molecule has 0 aliphatic rings. The molecule has 104 valence electrons. The standard InChI is InChI=1S/C13H11ClN2O4/c1-8-4-5-15(12(8)13(17)18)7-9-6-10(14)2-3-11(9)16(19)20/h2-6H,7H2,1H3,(H,17,18). The summed E-state index contributed by atoms with van der Waals surface area (Å²) in [6, 6.07) is 5.87. The fourth-order valence-electron chi connectivity index (χ4n) is 2.05. The third-order valence-electron chi connectivity index (χ3n) is 2.95. The molecule has 0 spiro atoms. The molecule has 0 radical (unpaired) electrons. The van der Waals surface area contributed by atoms with E-state index in [1.807, 2.05) is 0 Å². The van der Waals surface area contributed by atoms with E-state index in [1.54, 1.807) is 19.2 Å². The van der Waals surface area contributed by atoms with Crippen molar-refractivity contribution in [3.05, 3.63) is 62.4 Å². The normalized spacial score (nSPS) is 10.5. The van der Waals surface area contributed by atoms with Gasteiger partial charge in [0.1, 0.15) is 5.69 Å². The number of hydrogen-bond acceptors (Lipinski definition) is 3. The molecule has 0 fully saturated rings. The van der Waals surface area contributed by atoms with Gasteiger partial charge in [0, 0.05) is 17.3 Å². The lowest BCUT2D eigenvalue weighted by Crippen LogP contribution is -2.11. The quantitative estimate of drug-likeness (QED) is 0.693. The average molecular weight is 295 g/mol. The fraction of sp³-hybridized carbons (Fsp3) is 0.154. The van der Waals surface area contributed by atoms with E-state index < -0.39 is 10.9 Å². The van der Waals surface area contributed by atoms with Gasteiger partial charge in [-0.15, -0.1) is 0 Å². The van der Waals surface area contributed by atoms with Gasteiger partial charge in [0.25, 0.3) is 5.69 Å². The van der Waals surface area contributed by atoms with Gasteiger partial charge in [-0.3, -0.25) is 10.1 Å². The number of nitro groups is 1. The Bertz CT molecular complexity index is 694. The lowest BCUT2D eigenvalue weighted by molar-refractivity contribution is -0.385. The molecule has 0 saturated heterocycles. The Balaban J connectivity index is 2.47. The molecule has 20 heavy (non-hydrogen) atoms. The van der Waals surface area contributed by atoms with Gasteiger partial charge in [0.15, 0.2) is 0 Å². The average Bonchev–Trinajstić information content (AvgIpc) is 2.70. The van der Waals surface area contributed by atoms with Crippen molar-refractivity contribution in [1.29, 1.82) is 0 Å². The number of benzene rings is 1. The van der Waals surface area contributed by atoms with E-state index in [2.05, 4.69) is 0 Å². The zero-order valence-electron chi connectivity index (χ0n) is 10.5. The minimum atomic E-state index is -1.07. The number of rotatable bonds is 4. The molecule has 1 heterocycles. The molecule has 2 rings (SSSR count). The highest BCUT2D eigenvalue weighted by Crippen LogP contribution is 2.24. The number of aryl methyl sites for hydroxylation is 1. The van der Waals surface area contributed by atoms with Crippen LogP contribution < -0.4 is 0 Å². The van der Waals surface area contributed by atoms with Crippen LogP contribution in [0.15, 0.2) is 30.5 Å². The molecule has 7 heteroatoms. The van der Waals surface area contributed by atoms with Crippen molar-refractivity contribution < 1.29 is 14.8 Å². The second-order valence-corrected chi connectivity index (χ2v) is 4.75. The Morgan fingerprint density at radius 3 is 2.75 bits per heavy atom. The first-order valence-corrected chi connectivity index (χ1v) is 6.10. The molecule has 0 saturated carbocycles. The van der Waals surface area contributed by atoms with E-state index in [4.69, 9.17) is 16.7 Å². The van der Waals surface area contributed by atoms with Crippen LogP contribution in [0.5, 0.6) is 0 Å². The first kappa shape index (κ1) is 14.1. The van der Waals surface area contributed by atoms with E-state index in [0.29, 0.717) is 16.1 Å². The van der Waals surface area contributed by atoms with E-state index in [1.165, 1.54) is 22.8 Å². The zero-order valence-corrected chi connectivity index (χ0v) is 11.3. The van der Waals surface area contributed by atoms with Gasteiger partial charge in [-0.2, -0.15) is 0 Å². The monoisotopic (exact) mass is 294 g/mol. The van der Waals surface area contributed by atoms with Crippen molar-refractivity contribution in [1.82, 2.24) is 4.57 Å². The maximum absolute atomic E-state index is 11.2. The van der Waals surface area contributed by atoms with Crippen LogP contribution in [-0.2, 0) is 6.54 Å². The van der Waals surface area contributed by atoms with Gasteiger partial charge in [-0.1, -0.05) is 11.6 Å². The SMILES string of the molecule is Cc1ccn(Cc2cc(Cl)ccc2[N+](=O)[O-])c1C(=O)O. The Morgan fingerprint density at radius 2 is 2.15 bits per heavy atom. The molecule has 0 unspecified atom stereocenters. The number of nitrogens with zero attached hydrogens (tertiary/aromatic N) is 2. The molecular weight excluding hydrogens is 284 g/mol. The summed E-state index contributed by atoms with van der Waals surface area (Å²) in [7, 11) is 0. The fourth-order valence-corrected chi connectivity index (χ4v) is 2.24. The number of aromatic carboxylic acids is 1. The van der Waals surface area contributed by atoms with Crippen LogP contribution in [0.2, 0.25) is 5.02 Å². The number of aromatic nitrogens is 1. The Kier molecular flexibility index (Phi) is 3.76. The lowest BCUT2D eigenvalue weighted by Gasteiger charge is -2.08. The topological polar surface area (TPSA) is 85.4 Å². The molecule has 6 nitrogen and oxygen atoms in total. The van der Waals surface area contributed by atoms with Gasteiger partial charge in [0.2, 0.25) is 0 Å². The molecule has 2 aromatic rings. The van der Waals surface area contributed by atoms with Gasteiger partial charge in [-0.05, 0) is 30.7 Å². The smallest absolute Gasteiger partial charge is 0.352 e. The van der Waals surface area contributed by atoms with Crippen LogP contribution in [0, 0.1) is 17.0 Å². The van der Waals surface area contributed by atoms with Crippen molar-refractivity contribution in [3.63, 3.8) is 0 Å². The van der Waals surface area contributed by atoms with Crippen molar-refractivity contribution in [3.8, 4) is 0 Å². The van der Waals surface area contributed by atoms with Crippen LogP contribution >= 0.6 is 11.6 Å². The number of hydrogen-bond donors (Lipinski definition) is 1. The minimum Gasteiger partial charge on any atom is -0.477 e. The van der Waals surface area contributed by atoms with Crippen LogP contribution in [0.3, 0.4) is 0 Å². The second kappa shape index (κ2) is 5.34. The molecule has 1 N–H and O–H groups in total. The maximum atomic E-state index is 11.2. The molecule has 0 atom stereocenters. The van der Waals surface area contributed by atoms with Crippen molar-refractivity contribution in [2.75, 3.05) is 0 Å². The zero-order chi connectivity index (χ0) is 14.9. The number of carboxylic acid groups (broad SMARTS) is 1. The first-order valence-electron chi connectivity index (χ1n) is 5.72. The van der Waals surface area contributed by atoms with E-state index in [9.17, 15) is 14.9 Å². The van der Waals surface area contributed by atoms with E-state index in [-0.39, 0.29) is 17.9 Å². The van der Waals surface area contributed by atoms with Crippen LogP contribution in [0.1, 0.15) is 21.6 Å². The van der Waals surface area contributed by atoms with E-state index >= 15 is 0 Å². The summed E-state index contributed by atoms with van der Waals surface area (Å²) in [6.45, 7) is 1.75. The second-order valence-electron chi connectivity index (χ2n) is 4.31. The summed E-state index contributed by atoms with van der Waals surface area (Å²) < 4.78 is 1.45. The summed E-state index contributed by atoms with van der Waals surface area (Å²) in [6.07, 6.45) is 1.59. The summed E-state index contributed by atoms with van der Waals surface area (Å²) in [4.78, 5) is 21.7. The Hall–Kier alpha value is -2.34. The number of nitro benzene ring substituents is 1. The number of carboxylic acids is 1. The molecule has 1 aromatic carbocycles. The summed E-state index contributed by atoms with van der Waals surface area (Å²) in [5, 5.41) is 20.5. The van der Waals surface area contributed by atoms with Crippen molar-refractivity contribution in [2.45, 2.75) is 13.5 Å². The molecule has 0 aliphatic heterocycles. The largest absolute Gasteiger partial charge is 0.477 e. The van der Waals surface area contributed by atoms with Crippen LogP contribution in [0.4, 0.5) is 5.69 Å². The van der Waals surface area contributed by atoms with Crippen LogP contribution in [0.25, 0.3) is 0 Å². The highest BCUT2D eigenvalue weighted by molar-refractivity contribution is 6.30. The van der Waals surface area contributed by atoms with Gasteiger partial charge >= 0.3 is 5.97 Å². The lowest BCUT2D eigenvalue weighted by atomic mass is 10.1. The maximum Gasteiger partial charge on any atom is 0.352 e. The summed E-state index contributed by atoms with van der Waals surface area (Å²) in [5.41, 5.74) is 0.985. The Labute approximate surface area is 119 Å². The van der Waals surface area contributed by atoms with Crippen molar-refractivity contribution >= 4 is 23.3 Å². The highest BCUT2D eigenvalue weighted by atomic mass is 35.5. The summed E-state index contributed by atoms with van der Waals surface area (Å²) >= 11 is 5.85. The highest BCUT2D eigenvalue weighted by Gasteiger charge is 2.18. The molecule has 0 amide bonds. The van der Waals surface area contributed by atoms with Gasteiger partial charge in [-0.25, -0.2) is 4.79 Å². The molecule has 0 bridgehead atoms. The number of halogens is 1. The first-order chi connectivity index (χ1) is 9.40. The van der Waals surface area contributed by atoms with Gasteiger partial charge < -0.3 is 9.67 Å². The third kappa shape index (κ3) is 2.65. The van der Waals surface area contributed by atoms with Crippen LogP contribution in [-0.4, -0.2) is 20.6 Å². The van der Waals surface area contributed by atoms with Crippen molar-refractivity contribution in [2.24, 2.45) is 0 Å². The minimum absolute atomic E-state index is 0.0757. The number of carbonyl (C=O) groups is 1. The van der Waals surface area contributed by atoms with Gasteiger partial charge in [0.05, 0.1) is 17.0 Å². The summed E-state index contributed by atoms with van der Waals surface area (Å²) in [5.74, 6) is -1.07. The molecular formula is C13H11ClN2O4.